The fraction of sp³-hybridized carbons (Fsp3) is 0.222. The fourth-order valence-corrected chi connectivity index (χ4v) is 3.72. The Labute approximate surface area is 239 Å². The highest BCUT2D eigenvalue weighted by Crippen LogP contribution is 2.41. The van der Waals surface area contributed by atoms with E-state index in [0.29, 0.717) is 48.5 Å². The summed E-state index contributed by atoms with van der Waals surface area (Å²) in [5, 5.41) is 40.3. The molecule has 7 N–H and O–H groups in total. The van der Waals surface area contributed by atoms with Gasteiger partial charge in [0.05, 0.1) is 17.6 Å². The Balaban J connectivity index is 0.000000319. The van der Waals surface area contributed by atoms with Crippen LogP contribution in [0.5, 0.6) is 0 Å². The van der Waals surface area contributed by atoms with Crippen molar-refractivity contribution in [3.8, 4) is 11.3 Å². The van der Waals surface area contributed by atoms with Crippen LogP contribution in [0.4, 0.5) is 5.69 Å². The van der Waals surface area contributed by atoms with Crippen LogP contribution >= 0.6 is 0 Å². The molecule has 1 aliphatic carbocycles. The van der Waals surface area contributed by atoms with Crippen LogP contribution < -0.4 is 11.1 Å². The average Bonchev–Trinajstić information content (AvgIpc) is 3.31. The first kappa shape index (κ1) is 32.8. The van der Waals surface area contributed by atoms with Crippen LogP contribution in [0, 0.1) is 0 Å². The lowest BCUT2D eigenvalue weighted by Crippen LogP contribution is -2.19. The van der Waals surface area contributed by atoms with Crippen LogP contribution in [0.3, 0.4) is 0 Å². The summed E-state index contributed by atoms with van der Waals surface area (Å²) in [7, 11) is 4.07. The Morgan fingerprint density at radius 1 is 0.929 bits per heavy atom. The summed E-state index contributed by atoms with van der Waals surface area (Å²) in [6.45, 7) is 2.73. The molecular formula is C27H30N6O9. The van der Waals surface area contributed by atoms with Gasteiger partial charge in [0.2, 0.25) is 0 Å². The highest BCUT2D eigenvalue weighted by Gasteiger charge is 2.31. The van der Waals surface area contributed by atoms with Gasteiger partial charge in [0.15, 0.2) is 5.78 Å². The van der Waals surface area contributed by atoms with Crippen molar-refractivity contribution in [1.82, 2.24) is 19.7 Å². The molecule has 15 heteroatoms. The summed E-state index contributed by atoms with van der Waals surface area (Å²) >= 11 is 0. The second-order valence-corrected chi connectivity index (χ2v) is 8.74. The number of rotatable bonds is 10. The summed E-state index contributed by atoms with van der Waals surface area (Å²) in [5.74, 6) is -5.02. The van der Waals surface area contributed by atoms with Crippen molar-refractivity contribution < 1.29 is 44.4 Å². The van der Waals surface area contributed by atoms with Gasteiger partial charge in [0, 0.05) is 78.5 Å². The predicted molar refractivity (Wildman–Crippen MR) is 151 cm³/mol. The molecule has 222 valence electrons. The number of pyridine rings is 1. The lowest BCUT2D eigenvalue weighted by Gasteiger charge is -2.18. The van der Waals surface area contributed by atoms with Crippen LogP contribution in [0.15, 0.2) is 54.9 Å². The van der Waals surface area contributed by atoms with E-state index in [0.717, 1.165) is 40.9 Å². The van der Waals surface area contributed by atoms with E-state index < -0.39 is 23.9 Å². The lowest BCUT2D eigenvalue weighted by atomic mass is 9.87. The molecule has 0 bridgehead atoms. The first-order chi connectivity index (χ1) is 19.9. The quantitative estimate of drug-likeness (QED) is 0.143. The lowest BCUT2D eigenvalue weighted by molar-refractivity contribution is -0.134. The third-order valence-corrected chi connectivity index (χ3v) is 5.42. The number of likely N-dealkylation sites (N-methyl/N-ethyl adjacent to an activating group) is 1. The molecule has 0 saturated carbocycles. The van der Waals surface area contributed by atoms with Crippen molar-refractivity contribution in [1.29, 1.82) is 0 Å². The molecule has 0 radical (unpaired) electrons. The van der Waals surface area contributed by atoms with Crippen LogP contribution in [-0.2, 0) is 25.7 Å². The van der Waals surface area contributed by atoms with Gasteiger partial charge in [0.25, 0.3) is 0 Å². The Bertz CT molecular complexity index is 1480. The Morgan fingerprint density at radius 2 is 1.50 bits per heavy atom. The summed E-state index contributed by atoms with van der Waals surface area (Å²) in [6.07, 6.45) is 5.61. The molecule has 2 heterocycles. The van der Waals surface area contributed by atoms with Crippen LogP contribution in [-0.4, -0.2) is 103 Å². The van der Waals surface area contributed by atoms with Crippen LogP contribution in [0.2, 0.25) is 0 Å². The van der Waals surface area contributed by atoms with Crippen LogP contribution in [0.1, 0.15) is 15.9 Å². The molecule has 1 aromatic carbocycles. The van der Waals surface area contributed by atoms with Gasteiger partial charge < -0.3 is 36.4 Å². The number of carboxylic acids is 4. The zero-order valence-electron chi connectivity index (χ0n) is 22.7. The van der Waals surface area contributed by atoms with Gasteiger partial charge in [-0.2, -0.15) is 5.10 Å². The molecular weight excluding hydrogens is 552 g/mol. The molecule has 0 saturated heterocycles. The minimum atomic E-state index is -1.26. The Kier molecular flexibility index (Phi) is 12.0. The molecule has 0 amide bonds. The maximum Gasteiger partial charge on any atom is 0.328 e. The maximum absolute atomic E-state index is 13.2. The van der Waals surface area contributed by atoms with Gasteiger partial charge in [-0.3, -0.25) is 14.5 Å². The van der Waals surface area contributed by atoms with Crippen molar-refractivity contribution in [2.75, 3.05) is 39.0 Å². The maximum atomic E-state index is 13.2. The standard InChI is InChI=1S/C19H22N6O.2C4H4O4/c1-24(2)9-10-25-15-4-3-14(22-8-6-20)16-17(15)18(23-25)13-11-21-7-5-12(13)19(16)26;2*5-3(6)1-2-4(7)8/h3-5,7,11,22H,6,8-10,20H2,1-2H3;2*1-2H,(H,5,6)(H,7,8)/b;2*2-1-. The van der Waals surface area contributed by atoms with Crippen molar-refractivity contribution >= 4 is 46.3 Å². The van der Waals surface area contributed by atoms with E-state index in [2.05, 4.69) is 15.2 Å². The van der Waals surface area contributed by atoms with E-state index in [1.54, 1.807) is 18.5 Å². The number of nitrogens with one attached hydrogen (secondary N) is 1. The van der Waals surface area contributed by atoms with Crippen molar-refractivity contribution in [2.45, 2.75) is 6.54 Å². The topological polar surface area (TPSA) is 238 Å². The molecule has 1 aliphatic rings. The normalized spacial score (nSPS) is 11.5. The highest BCUT2D eigenvalue weighted by atomic mass is 16.4. The van der Waals surface area contributed by atoms with Gasteiger partial charge in [0.1, 0.15) is 5.69 Å². The molecule has 0 fully saturated rings. The van der Waals surface area contributed by atoms with Gasteiger partial charge in [-0.15, -0.1) is 0 Å². The molecule has 3 aromatic rings. The van der Waals surface area contributed by atoms with Gasteiger partial charge in [-0.05, 0) is 32.3 Å². The largest absolute Gasteiger partial charge is 0.478 e. The summed E-state index contributed by atoms with van der Waals surface area (Å²) < 4.78 is 1.98. The molecule has 4 rings (SSSR count). The minimum absolute atomic E-state index is 0.00665. The molecule has 0 atom stereocenters. The minimum Gasteiger partial charge on any atom is -0.478 e. The van der Waals surface area contributed by atoms with Crippen LogP contribution in [0.25, 0.3) is 22.2 Å². The molecule has 0 unspecified atom stereocenters. The van der Waals surface area contributed by atoms with E-state index in [-0.39, 0.29) is 5.78 Å². The molecule has 0 spiro atoms. The second kappa shape index (κ2) is 15.4. The Morgan fingerprint density at radius 3 is 2.00 bits per heavy atom. The number of anilines is 1. The third kappa shape index (κ3) is 9.07. The van der Waals surface area contributed by atoms with Crippen molar-refractivity contribution in [2.24, 2.45) is 5.73 Å². The number of carbonyl (C=O) groups is 5. The first-order valence-electron chi connectivity index (χ1n) is 12.3. The molecule has 42 heavy (non-hydrogen) atoms. The zero-order chi connectivity index (χ0) is 31.4. The number of aromatic nitrogens is 3. The summed E-state index contributed by atoms with van der Waals surface area (Å²) in [5.41, 5.74) is 10.4. The monoisotopic (exact) mass is 582 g/mol. The summed E-state index contributed by atoms with van der Waals surface area (Å²) in [6, 6.07) is 5.75. The predicted octanol–water partition coefficient (Wildman–Crippen LogP) is 0.999. The van der Waals surface area contributed by atoms with Gasteiger partial charge in [-0.25, -0.2) is 19.2 Å². The van der Waals surface area contributed by atoms with Crippen molar-refractivity contribution in [3.63, 3.8) is 0 Å². The summed E-state index contributed by atoms with van der Waals surface area (Å²) in [4.78, 5) is 57.7. The number of carbonyl (C=O) groups excluding carboxylic acids is 1. The first-order valence-corrected chi connectivity index (χ1v) is 12.3. The van der Waals surface area contributed by atoms with E-state index >= 15 is 0 Å². The number of hydrogen-bond acceptors (Lipinski definition) is 10. The van der Waals surface area contributed by atoms with Crippen molar-refractivity contribution in [3.05, 3.63) is 66.0 Å². The number of benzene rings is 1. The fourth-order valence-electron chi connectivity index (χ4n) is 3.72. The number of fused-ring (bicyclic) bond motifs is 2. The number of nitrogens with zero attached hydrogens (tertiary/aromatic N) is 4. The molecule has 0 aliphatic heterocycles. The van der Waals surface area contributed by atoms with Gasteiger partial charge in [-0.1, -0.05) is 0 Å². The van der Waals surface area contributed by atoms with E-state index in [4.69, 9.17) is 31.3 Å². The van der Waals surface area contributed by atoms with E-state index in [9.17, 15) is 24.0 Å². The number of nitrogens with two attached hydrogens (primary N) is 1. The number of aliphatic carboxylic acids is 4. The number of carboxylic acid groups (broad SMARTS) is 4. The second-order valence-electron chi connectivity index (χ2n) is 8.74. The molecule has 15 nitrogen and oxygen atoms in total. The Hall–Kier alpha value is -5.41. The molecule has 2 aromatic heterocycles. The number of ketones is 1. The zero-order valence-corrected chi connectivity index (χ0v) is 22.7. The van der Waals surface area contributed by atoms with Gasteiger partial charge >= 0.3 is 23.9 Å². The SMILES string of the molecule is CN(C)CCn1nc2c3c(c(NCCN)ccc31)C(=O)c1ccncc1-2.O=C(O)/C=C\C(=O)O.O=C(O)/C=C\C(=O)O. The third-order valence-electron chi connectivity index (χ3n) is 5.42. The number of hydrogen-bond donors (Lipinski definition) is 6. The van der Waals surface area contributed by atoms with E-state index in [1.165, 1.54) is 0 Å². The smallest absolute Gasteiger partial charge is 0.328 e. The van der Waals surface area contributed by atoms with E-state index in [1.807, 2.05) is 30.9 Å². The highest BCUT2D eigenvalue weighted by molar-refractivity contribution is 6.27. The average molecular weight is 583 g/mol.